The smallest absolute Gasteiger partial charge is 0.410 e. The van der Waals surface area contributed by atoms with Gasteiger partial charge in [0, 0.05) is 20.6 Å². The van der Waals surface area contributed by atoms with E-state index in [1.165, 1.54) is 0 Å². The van der Waals surface area contributed by atoms with Crippen LogP contribution in [0, 0.1) is 0 Å². The zero-order valence-electron chi connectivity index (χ0n) is 16.0. The highest BCUT2D eigenvalue weighted by Crippen LogP contribution is 2.38. The molecule has 1 N–H and O–H groups in total. The number of methoxy groups -OCH3 is 2. The average molecular weight is 379 g/mol. The molecular weight excluding hydrogens is 350 g/mol. The van der Waals surface area contributed by atoms with E-state index in [2.05, 4.69) is 0 Å². The Hall–Kier alpha value is -1.67. The van der Waals surface area contributed by atoms with Gasteiger partial charge in [-0.05, 0) is 24.8 Å². The lowest BCUT2D eigenvalue weighted by Gasteiger charge is -2.51. The fraction of sp³-hybridized carbons (Fsp3) is 0.650. The zero-order chi connectivity index (χ0) is 19.3. The van der Waals surface area contributed by atoms with Crippen molar-refractivity contribution in [1.82, 2.24) is 4.90 Å². The number of rotatable bonds is 7. The van der Waals surface area contributed by atoms with Crippen LogP contribution in [-0.2, 0) is 25.6 Å². The van der Waals surface area contributed by atoms with E-state index < -0.39 is 5.60 Å². The van der Waals surface area contributed by atoms with Gasteiger partial charge in [-0.1, -0.05) is 30.3 Å². The number of nitrogens with zero attached hydrogens (tertiary/aromatic N) is 1. The first-order valence-electron chi connectivity index (χ1n) is 9.39. The van der Waals surface area contributed by atoms with Crippen LogP contribution in [0.2, 0.25) is 0 Å². The van der Waals surface area contributed by atoms with Crippen molar-refractivity contribution in [1.29, 1.82) is 0 Å². The highest BCUT2D eigenvalue weighted by molar-refractivity contribution is 5.69. The van der Waals surface area contributed by atoms with Crippen LogP contribution in [0.15, 0.2) is 30.3 Å². The number of morpholine rings is 1. The van der Waals surface area contributed by atoms with Crippen LogP contribution in [-0.4, -0.2) is 67.5 Å². The highest BCUT2D eigenvalue weighted by atomic mass is 16.7. The summed E-state index contributed by atoms with van der Waals surface area (Å²) in [5.74, 6) is 0. The van der Waals surface area contributed by atoms with Gasteiger partial charge in [-0.2, -0.15) is 0 Å². The number of carbonyl (C=O) groups is 1. The molecule has 3 rings (SSSR count). The number of fused-ring (bicyclic) bond motifs is 2. The van der Waals surface area contributed by atoms with Crippen LogP contribution in [0.3, 0.4) is 0 Å². The summed E-state index contributed by atoms with van der Waals surface area (Å²) >= 11 is 0. The van der Waals surface area contributed by atoms with Crippen LogP contribution in [0.5, 0.6) is 0 Å². The van der Waals surface area contributed by atoms with Crippen molar-refractivity contribution in [3.63, 3.8) is 0 Å². The van der Waals surface area contributed by atoms with Gasteiger partial charge in [-0.15, -0.1) is 0 Å². The first kappa shape index (κ1) is 20.1. The molecule has 0 aromatic heterocycles. The Kier molecular flexibility index (Phi) is 6.70. The van der Waals surface area contributed by atoms with Gasteiger partial charge in [-0.3, -0.25) is 4.90 Å². The molecule has 7 heteroatoms. The van der Waals surface area contributed by atoms with Gasteiger partial charge in [0.1, 0.15) is 6.61 Å². The van der Waals surface area contributed by atoms with Crippen molar-refractivity contribution < 1.29 is 28.8 Å². The molecule has 0 aliphatic carbocycles. The van der Waals surface area contributed by atoms with Crippen molar-refractivity contribution in [3.05, 3.63) is 35.9 Å². The predicted octanol–water partition coefficient (Wildman–Crippen LogP) is 2.32. The maximum atomic E-state index is 12.7. The Morgan fingerprint density at radius 3 is 2.44 bits per heavy atom. The van der Waals surface area contributed by atoms with Crippen molar-refractivity contribution in [2.24, 2.45) is 0 Å². The third-order valence-corrected chi connectivity index (χ3v) is 5.43. The average Bonchev–Trinajstić information content (AvgIpc) is 2.67. The molecule has 7 nitrogen and oxygen atoms in total. The minimum Gasteiger partial charge on any atom is -0.445 e. The third kappa shape index (κ3) is 4.99. The van der Waals surface area contributed by atoms with Gasteiger partial charge in [0.05, 0.1) is 30.9 Å². The molecular formula is C20H29NO6. The highest BCUT2D eigenvalue weighted by Gasteiger charge is 2.48. The molecule has 1 amide bonds. The molecule has 0 saturated carbocycles. The van der Waals surface area contributed by atoms with E-state index in [1.54, 1.807) is 19.1 Å². The number of piperidine rings is 1. The topological polar surface area (TPSA) is 77.5 Å². The molecule has 2 aliphatic heterocycles. The van der Waals surface area contributed by atoms with E-state index in [-0.39, 0.29) is 31.1 Å². The second kappa shape index (κ2) is 9.01. The molecule has 2 unspecified atom stereocenters. The molecule has 0 radical (unpaired) electrons. The van der Waals surface area contributed by atoms with Gasteiger partial charge in [0.25, 0.3) is 0 Å². The van der Waals surface area contributed by atoms with Crippen LogP contribution in [0.25, 0.3) is 0 Å². The van der Waals surface area contributed by atoms with Crippen LogP contribution in [0.1, 0.15) is 31.2 Å². The van der Waals surface area contributed by atoms with Crippen LogP contribution in [0.4, 0.5) is 4.79 Å². The molecule has 0 spiro atoms. The van der Waals surface area contributed by atoms with E-state index in [0.717, 1.165) is 5.56 Å². The molecule has 2 aliphatic rings. The number of benzene rings is 1. The van der Waals surface area contributed by atoms with Crippen molar-refractivity contribution in [3.8, 4) is 0 Å². The molecule has 2 atom stereocenters. The first-order chi connectivity index (χ1) is 13.0. The second-order valence-electron chi connectivity index (χ2n) is 7.36. The summed E-state index contributed by atoms with van der Waals surface area (Å²) in [4.78, 5) is 14.4. The molecule has 27 heavy (non-hydrogen) atoms. The van der Waals surface area contributed by atoms with E-state index in [4.69, 9.17) is 18.9 Å². The monoisotopic (exact) mass is 379 g/mol. The summed E-state index contributed by atoms with van der Waals surface area (Å²) in [6.07, 6.45) is 1.40. The SMILES string of the molecule is COC(CCC1(O)CC2COCC(C1)N2C(=O)OCc1ccccc1)OC. The first-order valence-corrected chi connectivity index (χ1v) is 9.39. The van der Waals surface area contributed by atoms with E-state index in [1.807, 2.05) is 30.3 Å². The lowest BCUT2D eigenvalue weighted by molar-refractivity contribution is -0.152. The summed E-state index contributed by atoms with van der Waals surface area (Å²) in [7, 11) is 3.18. The van der Waals surface area contributed by atoms with E-state index in [0.29, 0.717) is 38.9 Å². The molecule has 2 heterocycles. The Bertz CT molecular complexity index is 592. The van der Waals surface area contributed by atoms with Crippen molar-refractivity contribution >= 4 is 6.09 Å². The molecule has 1 aromatic carbocycles. The molecule has 2 bridgehead atoms. The van der Waals surface area contributed by atoms with Crippen molar-refractivity contribution in [2.45, 2.75) is 56.3 Å². The number of aliphatic hydroxyl groups is 1. The Morgan fingerprint density at radius 2 is 1.85 bits per heavy atom. The number of hydrogen-bond acceptors (Lipinski definition) is 6. The number of hydrogen-bond donors (Lipinski definition) is 1. The molecule has 150 valence electrons. The zero-order valence-corrected chi connectivity index (χ0v) is 16.0. The maximum absolute atomic E-state index is 12.7. The predicted molar refractivity (Wildman–Crippen MR) is 98.1 cm³/mol. The maximum Gasteiger partial charge on any atom is 0.410 e. The summed E-state index contributed by atoms with van der Waals surface area (Å²) in [6.45, 7) is 1.07. The van der Waals surface area contributed by atoms with Gasteiger partial charge in [-0.25, -0.2) is 4.79 Å². The number of amides is 1. The molecule has 2 saturated heterocycles. The van der Waals surface area contributed by atoms with Crippen LogP contribution < -0.4 is 0 Å². The summed E-state index contributed by atoms with van der Waals surface area (Å²) in [6, 6.07) is 9.24. The molecule has 2 fully saturated rings. The van der Waals surface area contributed by atoms with Crippen LogP contribution >= 0.6 is 0 Å². The van der Waals surface area contributed by atoms with E-state index >= 15 is 0 Å². The Labute approximate surface area is 160 Å². The lowest BCUT2D eigenvalue weighted by atomic mass is 9.78. The Balaban J connectivity index is 1.59. The van der Waals surface area contributed by atoms with Gasteiger partial charge < -0.3 is 24.1 Å². The van der Waals surface area contributed by atoms with Gasteiger partial charge in [0.2, 0.25) is 0 Å². The van der Waals surface area contributed by atoms with Crippen molar-refractivity contribution in [2.75, 3.05) is 27.4 Å². The fourth-order valence-electron chi connectivity index (χ4n) is 4.09. The summed E-state index contributed by atoms with van der Waals surface area (Å²) in [5, 5.41) is 11.1. The third-order valence-electron chi connectivity index (χ3n) is 5.43. The van der Waals surface area contributed by atoms with Gasteiger partial charge >= 0.3 is 6.09 Å². The number of carbonyl (C=O) groups excluding carboxylic acids is 1. The summed E-state index contributed by atoms with van der Waals surface area (Å²) in [5.41, 5.74) is 0.0934. The quantitative estimate of drug-likeness (QED) is 0.733. The Morgan fingerprint density at radius 1 is 1.22 bits per heavy atom. The fourth-order valence-corrected chi connectivity index (χ4v) is 4.09. The molecule has 1 aromatic rings. The standard InChI is InChI=1S/C20H29NO6/c1-24-18(25-2)8-9-20(23)10-16-13-26-14-17(11-20)21(16)19(22)27-12-15-6-4-3-5-7-15/h3-7,16-18,23H,8-14H2,1-2H3. The normalized spacial score (nSPS) is 27.6. The second-order valence-corrected chi connectivity index (χ2v) is 7.36. The van der Waals surface area contributed by atoms with E-state index in [9.17, 15) is 9.90 Å². The number of ether oxygens (including phenoxy) is 4. The minimum absolute atomic E-state index is 0.186. The minimum atomic E-state index is -0.857. The lowest BCUT2D eigenvalue weighted by Crippen LogP contribution is -2.63. The van der Waals surface area contributed by atoms with Gasteiger partial charge in [0.15, 0.2) is 6.29 Å². The largest absolute Gasteiger partial charge is 0.445 e. The summed E-state index contributed by atoms with van der Waals surface area (Å²) < 4.78 is 21.6.